The highest BCUT2D eigenvalue weighted by molar-refractivity contribution is 7.89. The molecule has 1 saturated heterocycles. The van der Waals surface area contributed by atoms with Crippen molar-refractivity contribution in [3.05, 3.63) is 59.2 Å². The highest BCUT2D eigenvalue weighted by Gasteiger charge is 2.25. The van der Waals surface area contributed by atoms with Crippen LogP contribution in [0.2, 0.25) is 0 Å². The number of rotatable bonds is 7. The smallest absolute Gasteiger partial charge is 0.337 e. The van der Waals surface area contributed by atoms with Gasteiger partial charge in [-0.1, -0.05) is 12.1 Å². The Kier molecular flexibility index (Phi) is 7.52. The molecule has 1 aliphatic rings. The molecule has 0 aromatic heterocycles. The molecule has 0 atom stereocenters. The van der Waals surface area contributed by atoms with Crippen LogP contribution < -0.4 is 4.90 Å². The third kappa shape index (κ3) is 5.28. The maximum Gasteiger partial charge on any atom is 0.337 e. The maximum absolute atomic E-state index is 13.2. The second-order valence-corrected chi connectivity index (χ2v) is 9.75. The second kappa shape index (κ2) is 10.1. The average Bonchev–Trinajstić information content (AvgIpc) is 2.83. The van der Waals surface area contributed by atoms with Crippen molar-refractivity contribution in [3.8, 4) is 0 Å². The maximum atomic E-state index is 13.2. The predicted octanol–water partition coefficient (Wildman–Crippen LogP) is 3.07. The van der Waals surface area contributed by atoms with E-state index in [4.69, 9.17) is 0 Å². The minimum absolute atomic E-state index is 0.0479. The lowest BCUT2D eigenvalue weighted by atomic mass is 10.1. The summed E-state index contributed by atoms with van der Waals surface area (Å²) in [5, 5.41) is 0. The van der Waals surface area contributed by atoms with Crippen LogP contribution in [0.4, 0.5) is 5.69 Å². The summed E-state index contributed by atoms with van der Waals surface area (Å²) in [6.45, 7) is 2.21. The number of sulfonamides is 1. The Hall–Kier alpha value is -2.91. The summed E-state index contributed by atoms with van der Waals surface area (Å²) in [6.07, 6.45) is 3.62. The molecule has 1 aliphatic heterocycles. The fraction of sp³-hybridized carbons (Fsp3) is 0.391. The molecule has 0 N–H and O–H groups in total. The summed E-state index contributed by atoms with van der Waals surface area (Å²) < 4.78 is 36.9. The van der Waals surface area contributed by atoms with Crippen molar-refractivity contribution in [1.29, 1.82) is 0 Å². The number of piperidine rings is 1. The molecule has 0 bridgehead atoms. The minimum atomic E-state index is -3.99. The van der Waals surface area contributed by atoms with Gasteiger partial charge in [-0.3, -0.25) is 0 Å². The standard InChI is InChI=1S/C23H28N2O6S/c1-24(16-17-7-9-20(10-8-17)25-11-5-4-6-12-25)32(28,29)21-14-18(22(26)30-2)13-19(15-21)23(27)31-3/h7-10,13-15H,4-6,11-12,16H2,1-3H3. The number of ether oxygens (including phenoxy) is 2. The van der Waals surface area contributed by atoms with Crippen LogP contribution in [0.25, 0.3) is 0 Å². The first-order chi connectivity index (χ1) is 15.3. The predicted molar refractivity (Wildman–Crippen MR) is 120 cm³/mol. The van der Waals surface area contributed by atoms with Crippen LogP contribution in [-0.4, -0.2) is 59.0 Å². The molecule has 1 fully saturated rings. The van der Waals surface area contributed by atoms with Gasteiger partial charge in [0.05, 0.1) is 30.2 Å². The normalized spacial score (nSPS) is 14.3. The van der Waals surface area contributed by atoms with E-state index in [1.807, 2.05) is 24.3 Å². The van der Waals surface area contributed by atoms with Crippen LogP contribution in [0.1, 0.15) is 45.5 Å². The van der Waals surface area contributed by atoms with Crippen LogP contribution in [0.5, 0.6) is 0 Å². The topological polar surface area (TPSA) is 93.2 Å². The Morgan fingerprint density at radius 2 is 1.44 bits per heavy atom. The van der Waals surface area contributed by atoms with Crippen molar-refractivity contribution in [3.63, 3.8) is 0 Å². The van der Waals surface area contributed by atoms with E-state index in [0.717, 1.165) is 24.3 Å². The summed E-state index contributed by atoms with van der Waals surface area (Å²) in [5.74, 6) is -1.49. The van der Waals surface area contributed by atoms with E-state index in [2.05, 4.69) is 14.4 Å². The molecular formula is C23H28N2O6S. The van der Waals surface area contributed by atoms with E-state index in [1.165, 1.54) is 63.0 Å². The van der Waals surface area contributed by atoms with E-state index in [-0.39, 0.29) is 22.6 Å². The van der Waals surface area contributed by atoms with Crippen molar-refractivity contribution < 1.29 is 27.5 Å². The molecule has 2 aromatic rings. The molecule has 8 nitrogen and oxygen atoms in total. The highest BCUT2D eigenvalue weighted by atomic mass is 32.2. The Morgan fingerprint density at radius 3 is 1.94 bits per heavy atom. The molecule has 3 rings (SSSR count). The van der Waals surface area contributed by atoms with E-state index in [1.54, 1.807) is 0 Å². The van der Waals surface area contributed by atoms with Crippen molar-refractivity contribution in [1.82, 2.24) is 4.31 Å². The van der Waals surface area contributed by atoms with Gasteiger partial charge in [0.15, 0.2) is 0 Å². The van der Waals surface area contributed by atoms with Crippen LogP contribution in [-0.2, 0) is 26.0 Å². The summed E-state index contributed by atoms with van der Waals surface area (Å²) in [4.78, 5) is 26.1. The Balaban J connectivity index is 1.83. The van der Waals surface area contributed by atoms with Crippen LogP contribution in [0.15, 0.2) is 47.4 Å². The molecule has 172 valence electrons. The van der Waals surface area contributed by atoms with E-state index >= 15 is 0 Å². The third-order valence-electron chi connectivity index (χ3n) is 5.52. The SMILES string of the molecule is COC(=O)c1cc(C(=O)OC)cc(S(=O)(=O)N(C)Cc2ccc(N3CCCCC3)cc2)c1. The first-order valence-corrected chi connectivity index (χ1v) is 11.8. The fourth-order valence-corrected chi connectivity index (χ4v) is 4.94. The Bertz CT molecular complexity index is 1040. The minimum Gasteiger partial charge on any atom is -0.465 e. The number of benzene rings is 2. The molecule has 9 heteroatoms. The Labute approximate surface area is 188 Å². The van der Waals surface area contributed by atoms with Crippen molar-refractivity contribution in [2.24, 2.45) is 0 Å². The van der Waals surface area contributed by atoms with Gasteiger partial charge in [0, 0.05) is 32.4 Å². The summed E-state index contributed by atoms with van der Waals surface area (Å²) >= 11 is 0. The van der Waals surface area contributed by atoms with Gasteiger partial charge in [-0.15, -0.1) is 0 Å². The van der Waals surface area contributed by atoms with Gasteiger partial charge in [-0.25, -0.2) is 18.0 Å². The van der Waals surface area contributed by atoms with Gasteiger partial charge >= 0.3 is 11.9 Å². The first kappa shape index (κ1) is 23.7. The number of esters is 2. The molecule has 0 amide bonds. The van der Waals surface area contributed by atoms with Crippen LogP contribution in [0, 0.1) is 0 Å². The molecule has 0 spiro atoms. The van der Waals surface area contributed by atoms with Crippen molar-refractivity contribution in [2.45, 2.75) is 30.7 Å². The van der Waals surface area contributed by atoms with Crippen molar-refractivity contribution >= 4 is 27.6 Å². The van der Waals surface area contributed by atoms with Crippen LogP contribution >= 0.6 is 0 Å². The average molecular weight is 461 g/mol. The number of hydrogen-bond donors (Lipinski definition) is 0. The van der Waals surface area contributed by atoms with E-state index in [0.29, 0.717) is 0 Å². The number of nitrogens with zero attached hydrogens (tertiary/aromatic N) is 2. The number of methoxy groups -OCH3 is 2. The van der Waals surface area contributed by atoms with Gasteiger partial charge in [0.2, 0.25) is 10.0 Å². The molecule has 2 aromatic carbocycles. The molecule has 0 radical (unpaired) electrons. The number of hydrogen-bond acceptors (Lipinski definition) is 7. The molecule has 0 unspecified atom stereocenters. The molecular weight excluding hydrogens is 432 g/mol. The lowest BCUT2D eigenvalue weighted by molar-refractivity contribution is 0.0598. The summed E-state index contributed by atoms with van der Waals surface area (Å²) in [5.41, 5.74) is 1.86. The molecule has 0 aliphatic carbocycles. The van der Waals surface area contributed by atoms with Gasteiger partial charge in [0.25, 0.3) is 0 Å². The number of carbonyl (C=O) groups excluding carboxylic acids is 2. The van der Waals surface area contributed by atoms with Gasteiger partial charge in [0.1, 0.15) is 0 Å². The zero-order valence-corrected chi connectivity index (χ0v) is 19.4. The van der Waals surface area contributed by atoms with Crippen LogP contribution in [0.3, 0.4) is 0 Å². The van der Waals surface area contributed by atoms with Gasteiger partial charge in [-0.2, -0.15) is 4.31 Å². The summed E-state index contributed by atoms with van der Waals surface area (Å²) in [6, 6.07) is 11.5. The molecule has 32 heavy (non-hydrogen) atoms. The second-order valence-electron chi connectivity index (χ2n) is 7.70. The van der Waals surface area contributed by atoms with Crippen molar-refractivity contribution in [2.75, 3.05) is 39.3 Å². The largest absolute Gasteiger partial charge is 0.465 e. The van der Waals surface area contributed by atoms with Gasteiger partial charge < -0.3 is 14.4 Å². The number of carbonyl (C=O) groups is 2. The zero-order chi connectivity index (χ0) is 23.3. The molecule has 1 heterocycles. The lowest BCUT2D eigenvalue weighted by Gasteiger charge is -2.29. The third-order valence-corrected chi connectivity index (χ3v) is 7.30. The monoisotopic (exact) mass is 460 g/mol. The van der Waals surface area contributed by atoms with Gasteiger partial charge in [-0.05, 0) is 55.2 Å². The fourth-order valence-electron chi connectivity index (χ4n) is 3.71. The first-order valence-electron chi connectivity index (χ1n) is 10.4. The number of anilines is 1. The quantitative estimate of drug-likeness (QED) is 0.586. The van der Waals surface area contributed by atoms with E-state index in [9.17, 15) is 18.0 Å². The summed E-state index contributed by atoms with van der Waals surface area (Å²) in [7, 11) is -0.171. The molecule has 0 saturated carbocycles. The highest BCUT2D eigenvalue weighted by Crippen LogP contribution is 2.24. The Morgan fingerprint density at radius 1 is 0.906 bits per heavy atom. The lowest BCUT2D eigenvalue weighted by Crippen LogP contribution is -2.29. The van der Waals surface area contributed by atoms with E-state index < -0.39 is 22.0 Å². The zero-order valence-electron chi connectivity index (χ0n) is 18.5.